The third-order valence-corrected chi connectivity index (χ3v) is 3.67. The van der Waals surface area contributed by atoms with E-state index in [2.05, 4.69) is 15.2 Å². The lowest BCUT2D eigenvalue weighted by atomic mass is 9.82. The van der Waals surface area contributed by atoms with Crippen LogP contribution in [0.2, 0.25) is 0 Å². The number of aryl methyl sites for hydroxylation is 2. The zero-order valence-corrected chi connectivity index (χ0v) is 13.2. The van der Waals surface area contributed by atoms with Crippen molar-refractivity contribution in [2.75, 3.05) is 0 Å². The molecule has 0 fully saturated rings. The molecule has 2 N–H and O–H groups in total. The van der Waals surface area contributed by atoms with E-state index in [1.165, 1.54) is 10.9 Å². The fourth-order valence-corrected chi connectivity index (χ4v) is 2.27. The Bertz CT molecular complexity index is 918. The molecule has 3 aromatic heterocycles. The third kappa shape index (κ3) is 3.12. The maximum Gasteiger partial charge on any atom is 0.490 e. The number of pyridine rings is 1. The first-order valence-electron chi connectivity index (χ1n) is 7.27. The average molecular weight is 326 g/mol. The lowest BCUT2D eigenvalue weighted by Gasteiger charge is -2.06. The second-order valence-corrected chi connectivity index (χ2v) is 5.41. The fourth-order valence-electron chi connectivity index (χ4n) is 2.27. The summed E-state index contributed by atoms with van der Waals surface area (Å²) >= 11 is 0. The maximum atomic E-state index is 12.1. The zero-order chi connectivity index (χ0) is 17.3. The highest BCUT2D eigenvalue weighted by Gasteiger charge is 2.18. The highest BCUT2D eigenvalue weighted by molar-refractivity contribution is 6.58. The van der Waals surface area contributed by atoms with Gasteiger partial charge in [0.05, 0.1) is 6.54 Å². The molecule has 8 nitrogen and oxygen atoms in total. The van der Waals surface area contributed by atoms with Gasteiger partial charge in [0.15, 0.2) is 0 Å². The fraction of sp³-hybridized carbons (Fsp3) is 0.200. The van der Waals surface area contributed by atoms with Gasteiger partial charge in [-0.2, -0.15) is 5.10 Å². The molecule has 0 saturated carbocycles. The molecule has 0 aliphatic carbocycles. The second-order valence-electron chi connectivity index (χ2n) is 5.41. The molecule has 0 aliphatic heterocycles. The van der Waals surface area contributed by atoms with Crippen LogP contribution in [0.4, 0.5) is 0 Å². The van der Waals surface area contributed by atoms with Crippen LogP contribution in [-0.4, -0.2) is 37.1 Å². The maximum absolute atomic E-state index is 12.1. The monoisotopic (exact) mass is 326 g/mol. The SMILES string of the molecule is Cc1ccc(-c2noc(C)c2Cn2ncc(B(O)O)cc2=O)cn1. The highest BCUT2D eigenvalue weighted by atomic mass is 16.5. The van der Waals surface area contributed by atoms with E-state index in [0.29, 0.717) is 17.0 Å². The van der Waals surface area contributed by atoms with Crippen molar-refractivity contribution in [1.29, 1.82) is 0 Å². The Balaban J connectivity index is 1.98. The van der Waals surface area contributed by atoms with Crippen LogP contribution in [0.25, 0.3) is 11.3 Å². The predicted octanol–water partition coefficient (Wildman–Crippen LogP) is -0.362. The molecule has 0 bridgehead atoms. The lowest BCUT2D eigenvalue weighted by molar-refractivity contribution is 0.397. The van der Waals surface area contributed by atoms with Crippen LogP contribution < -0.4 is 11.0 Å². The van der Waals surface area contributed by atoms with E-state index in [9.17, 15) is 4.79 Å². The lowest BCUT2D eigenvalue weighted by Crippen LogP contribution is -2.36. The summed E-state index contributed by atoms with van der Waals surface area (Å²) in [6.45, 7) is 3.79. The molecule has 9 heteroatoms. The Morgan fingerprint density at radius 3 is 2.67 bits per heavy atom. The summed E-state index contributed by atoms with van der Waals surface area (Å²) in [5.41, 5.74) is 2.57. The highest BCUT2D eigenvalue weighted by Crippen LogP contribution is 2.25. The Labute approximate surface area is 137 Å². The smallest absolute Gasteiger partial charge is 0.423 e. The predicted molar refractivity (Wildman–Crippen MR) is 86.6 cm³/mol. The van der Waals surface area contributed by atoms with Crippen LogP contribution in [0.3, 0.4) is 0 Å². The van der Waals surface area contributed by atoms with Crippen molar-refractivity contribution >= 4 is 12.6 Å². The summed E-state index contributed by atoms with van der Waals surface area (Å²) in [4.78, 5) is 16.3. The molecule has 122 valence electrons. The number of hydrogen-bond acceptors (Lipinski definition) is 7. The molecule has 0 aromatic carbocycles. The van der Waals surface area contributed by atoms with E-state index < -0.39 is 12.7 Å². The average Bonchev–Trinajstić information content (AvgIpc) is 2.91. The van der Waals surface area contributed by atoms with Gasteiger partial charge in [-0.25, -0.2) is 4.68 Å². The third-order valence-electron chi connectivity index (χ3n) is 3.67. The molecule has 0 radical (unpaired) electrons. The van der Waals surface area contributed by atoms with Gasteiger partial charge < -0.3 is 14.6 Å². The van der Waals surface area contributed by atoms with Gasteiger partial charge in [-0.1, -0.05) is 5.16 Å². The molecule has 0 atom stereocenters. The first-order chi connectivity index (χ1) is 11.5. The van der Waals surface area contributed by atoms with E-state index in [1.54, 1.807) is 13.1 Å². The first-order valence-corrected chi connectivity index (χ1v) is 7.27. The van der Waals surface area contributed by atoms with Gasteiger partial charge in [0, 0.05) is 40.7 Å². The molecule has 3 aromatic rings. The van der Waals surface area contributed by atoms with E-state index >= 15 is 0 Å². The Morgan fingerprint density at radius 2 is 2.04 bits per heavy atom. The van der Waals surface area contributed by atoms with Gasteiger partial charge in [0.25, 0.3) is 5.56 Å². The minimum absolute atomic E-state index is 0.0428. The van der Waals surface area contributed by atoms with Gasteiger partial charge in [-0.3, -0.25) is 9.78 Å². The number of aromatic nitrogens is 4. The van der Waals surface area contributed by atoms with Crippen LogP contribution in [0, 0.1) is 13.8 Å². The van der Waals surface area contributed by atoms with Gasteiger partial charge in [-0.15, -0.1) is 0 Å². The van der Waals surface area contributed by atoms with Crippen molar-refractivity contribution in [2.45, 2.75) is 20.4 Å². The number of hydrogen-bond donors (Lipinski definition) is 2. The van der Waals surface area contributed by atoms with Crippen LogP contribution in [0.15, 0.2) is 39.9 Å². The van der Waals surface area contributed by atoms with Gasteiger partial charge in [0.2, 0.25) is 0 Å². The van der Waals surface area contributed by atoms with Crippen molar-refractivity contribution < 1.29 is 14.6 Å². The van der Waals surface area contributed by atoms with Gasteiger partial charge in [0.1, 0.15) is 11.5 Å². The summed E-state index contributed by atoms with van der Waals surface area (Å²) in [7, 11) is -1.73. The molecular weight excluding hydrogens is 311 g/mol. The first kappa shape index (κ1) is 16.1. The Kier molecular flexibility index (Phi) is 4.28. The Morgan fingerprint density at radius 1 is 1.25 bits per heavy atom. The van der Waals surface area contributed by atoms with Gasteiger partial charge in [-0.05, 0) is 26.0 Å². The molecule has 3 heterocycles. The summed E-state index contributed by atoms with van der Waals surface area (Å²) in [6, 6.07) is 4.88. The van der Waals surface area contributed by atoms with Crippen LogP contribution in [0.5, 0.6) is 0 Å². The van der Waals surface area contributed by atoms with E-state index in [1.807, 2.05) is 19.1 Å². The standard InChI is InChI=1S/C15H15BN4O4/c1-9-3-4-11(6-17-9)15-13(10(2)24-19-15)8-20-14(21)5-12(7-18-20)16(22)23/h3-7,22-23H,8H2,1-2H3. The van der Waals surface area contributed by atoms with E-state index in [4.69, 9.17) is 14.6 Å². The molecule has 0 saturated heterocycles. The normalized spacial score (nSPS) is 10.8. The number of nitrogens with zero attached hydrogens (tertiary/aromatic N) is 4. The molecular formula is C15H15BN4O4. The second kappa shape index (κ2) is 6.38. The minimum atomic E-state index is -1.73. The topological polar surface area (TPSA) is 114 Å². The van der Waals surface area contributed by atoms with E-state index in [-0.39, 0.29) is 12.0 Å². The van der Waals surface area contributed by atoms with E-state index in [0.717, 1.165) is 17.3 Å². The molecule has 0 unspecified atom stereocenters. The summed E-state index contributed by atoms with van der Waals surface area (Å²) in [5, 5.41) is 26.2. The zero-order valence-electron chi connectivity index (χ0n) is 13.2. The molecule has 0 amide bonds. The van der Waals surface area contributed by atoms with Crippen molar-refractivity contribution in [3.63, 3.8) is 0 Å². The molecule has 3 rings (SSSR count). The summed E-state index contributed by atoms with van der Waals surface area (Å²) in [6.07, 6.45) is 2.93. The van der Waals surface area contributed by atoms with Crippen molar-refractivity contribution in [3.8, 4) is 11.3 Å². The molecule has 0 aliphatic rings. The van der Waals surface area contributed by atoms with Crippen molar-refractivity contribution in [2.24, 2.45) is 0 Å². The van der Waals surface area contributed by atoms with Crippen LogP contribution in [-0.2, 0) is 6.54 Å². The number of rotatable bonds is 4. The summed E-state index contributed by atoms with van der Waals surface area (Å²) in [5.74, 6) is 0.575. The van der Waals surface area contributed by atoms with Crippen molar-refractivity contribution in [1.82, 2.24) is 19.9 Å². The molecule has 0 spiro atoms. The van der Waals surface area contributed by atoms with Crippen LogP contribution in [0.1, 0.15) is 17.0 Å². The molecule has 24 heavy (non-hydrogen) atoms. The minimum Gasteiger partial charge on any atom is -0.423 e. The summed E-state index contributed by atoms with van der Waals surface area (Å²) < 4.78 is 6.46. The van der Waals surface area contributed by atoms with Crippen molar-refractivity contribution in [3.05, 3.63) is 58.0 Å². The largest absolute Gasteiger partial charge is 0.490 e. The Hall–Kier alpha value is -2.78. The van der Waals surface area contributed by atoms with Gasteiger partial charge >= 0.3 is 7.12 Å². The quantitative estimate of drug-likeness (QED) is 0.629. The van der Waals surface area contributed by atoms with Crippen LogP contribution >= 0.6 is 0 Å².